The maximum atomic E-state index is 13.3. The van der Waals surface area contributed by atoms with E-state index in [1.54, 1.807) is 0 Å². The zero-order chi connectivity index (χ0) is 19.5. The van der Waals surface area contributed by atoms with Crippen molar-refractivity contribution in [2.24, 2.45) is 5.92 Å². The number of benzene rings is 2. The van der Waals surface area contributed by atoms with E-state index in [4.69, 9.17) is 5.11 Å². The lowest BCUT2D eigenvalue weighted by Gasteiger charge is -2.33. The number of carbonyl (C=O) groups is 1. The number of para-hydroxylation sites is 2. The summed E-state index contributed by atoms with van der Waals surface area (Å²) in [6.45, 7) is 2.15. The Kier molecular flexibility index (Phi) is 5.76. The van der Waals surface area contributed by atoms with E-state index >= 15 is 0 Å². The van der Waals surface area contributed by atoms with E-state index in [0.29, 0.717) is 12.5 Å². The Morgan fingerprint density at radius 2 is 1.68 bits per heavy atom. The van der Waals surface area contributed by atoms with Crippen LogP contribution >= 0.6 is 0 Å². The second kappa shape index (κ2) is 8.43. The number of rotatable bonds is 6. The molecule has 0 aliphatic carbocycles. The highest BCUT2D eigenvalue weighted by molar-refractivity contribution is 6.10. The summed E-state index contributed by atoms with van der Waals surface area (Å²) in [5.74, 6) is 0.585. The molecule has 4 rings (SSSR count). The minimum atomic E-state index is -0.667. The third kappa shape index (κ3) is 3.83. The molecule has 2 aromatic rings. The highest BCUT2D eigenvalue weighted by Gasteiger charge is 2.39. The average Bonchev–Trinajstić information content (AvgIpc) is 3.01. The molecule has 2 aliphatic rings. The number of aliphatic hydroxyl groups is 2. The number of likely N-dealkylation sites (tertiary alicyclic amines) is 1. The van der Waals surface area contributed by atoms with Crippen molar-refractivity contribution in [3.05, 3.63) is 60.2 Å². The lowest BCUT2D eigenvalue weighted by Crippen LogP contribution is -2.40. The van der Waals surface area contributed by atoms with Crippen molar-refractivity contribution in [3.8, 4) is 0 Å². The first-order chi connectivity index (χ1) is 13.7. The van der Waals surface area contributed by atoms with Crippen LogP contribution in [0.5, 0.6) is 0 Å². The molecule has 2 N–H and O–H groups in total. The predicted octanol–water partition coefficient (Wildman–Crippen LogP) is 2.90. The number of anilines is 2. The van der Waals surface area contributed by atoms with Crippen LogP contribution in [0.2, 0.25) is 0 Å². The van der Waals surface area contributed by atoms with Gasteiger partial charge in [-0.15, -0.1) is 0 Å². The first-order valence-electron chi connectivity index (χ1n) is 10.2. The highest BCUT2D eigenvalue weighted by Crippen LogP contribution is 2.45. The van der Waals surface area contributed by atoms with Gasteiger partial charge >= 0.3 is 0 Å². The van der Waals surface area contributed by atoms with Gasteiger partial charge in [0.05, 0.1) is 24.3 Å². The molecule has 148 valence electrons. The number of nitrogens with zero attached hydrogens (tertiary/aromatic N) is 2. The summed E-state index contributed by atoms with van der Waals surface area (Å²) in [7, 11) is 0. The Morgan fingerprint density at radius 1 is 1.00 bits per heavy atom. The molecule has 0 spiro atoms. The van der Waals surface area contributed by atoms with Gasteiger partial charge in [-0.1, -0.05) is 36.4 Å². The van der Waals surface area contributed by atoms with E-state index in [-0.39, 0.29) is 18.4 Å². The van der Waals surface area contributed by atoms with Gasteiger partial charge in [-0.2, -0.15) is 0 Å². The van der Waals surface area contributed by atoms with Crippen LogP contribution in [0.15, 0.2) is 54.6 Å². The molecule has 0 bridgehead atoms. The molecule has 28 heavy (non-hydrogen) atoms. The topological polar surface area (TPSA) is 64.0 Å². The number of piperidine rings is 1. The number of β-amino-alcohol motifs (C(OH)–C–C–N with tert-alkyl or cyclic N) is 1. The monoisotopic (exact) mass is 380 g/mol. The number of fused-ring (bicyclic) bond motifs is 1. The summed E-state index contributed by atoms with van der Waals surface area (Å²) < 4.78 is 0. The Balaban J connectivity index is 1.46. The Hall–Kier alpha value is -2.21. The van der Waals surface area contributed by atoms with E-state index < -0.39 is 6.10 Å². The second-order valence-electron chi connectivity index (χ2n) is 7.94. The normalized spacial score (nSPS) is 21.7. The molecular formula is C23H28N2O3. The minimum absolute atomic E-state index is 0.0870. The quantitative estimate of drug-likeness (QED) is 0.809. The number of carbonyl (C=O) groups excluding carboxylic acids is 1. The largest absolute Gasteiger partial charge is 0.394 e. The van der Waals surface area contributed by atoms with Crippen LogP contribution < -0.4 is 4.90 Å². The van der Waals surface area contributed by atoms with E-state index in [0.717, 1.165) is 49.3 Å². The van der Waals surface area contributed by atoms with Crippen molar-refractivity contribution in [2.45, 2.75) is 31.3 Å². The van der Waals surface area contributed by atoms with Crippen LogP contribution in [-0.4, -0.2) is 53.4 Å². The Labute approximate surface area is 166 Å². The summed E-state index contributed by atoms with van der Waals surface area (Å²) in [4.78, 5) is 17.4. The molecule has 0 saturated carbocycles. The lowest BCUT2D eigenvalue weighted by molar-refractivity contribution is -0.119. The lowest BCUT2D eigenvalue weighted by atomic mass is 9.84. The van der Waals surface area contributed by atoms with Gasteiger partial charge in [-0.25, -0.2) is 0 Å². The van der Waals surface area contributed by atoms with Gasteiger partial charge in [-0.3, -0.25) is 9.69 Å². The van der Waals surface area contributed by atoms with Crippen molar-refractivity contribution >= 4 is 17.3 Å². The first kappa shape index (κ1) is 19.1. The summed E-state index contributed by atoms with van der Waals surface area (Å²) in [6, 6.07) is 18.0. The second-order valence-corrected chi connectivity index (χ2v) is 7.94. The van der Waals surface area contributed by atoms with Crippen molar-refractivity contribution in [1.29, 1.82) is 0 Å². The smallest absolute Gasteiger partial charge is 0.239 e. The minimum Gasteiger partial charge on any atom is -0.394 e. The Morgan fingerprint density at radius 3 is 2.39 bits per heavy atom. The van der Waals surface area contributed by atoms with Gasteiger partial charge in [0.2, 0.25) is 5.91 Å². The van der Waals surface area contributed by atoms with Crippen molar-refractivity contribution in [3.63, 3.8) is 0 Å². The van der Waals surface area contributed by atoms with E-state index in [9.17, 15) is 9.90 Å². The van der Waals surface area contributed by atoms with Crippen LogP contribution in [0.3, 0.4) is 0 Å². The average molecular weight is 380 g/mol. The zero-order valence-corrected chi connectivity index (χ0v) is 16.1. The van der Waals surface area contributed by atoms with Gasteiger partial charge in [-0.05, 0) is 62.0 Å². The Bertz CT molecular complexity index is 803. The standard InChI is InChI=1S/C23H28N2O3/c26-16-19(27)15-24-12-10-17(11-13-24)14-21-20-8-4-5-9-22(20)25(23(21)28)18-6-2-1-3-7-18/h1-9,17,19,21,26-27H,10-16H2. The van der Waals surface area contributed by atoms with Crippen LogP contribution in [0.4, 0.5) is 11.4 Å². The number of hydrogen-bond acceptors (Lipinski definition) is 4. The van der Waals surface area contributed by atoms with Crippen molar-refractivity contribution in [2.75, 3.05) is 31.1 Å². The molecule has 1 fully saturated rings. The molecule has 5 nitrogen and oxygen atoms in total. The zero-order valence-electron chi connectivity index (χ0n) is 16.1. The van der Waals surface area contributed by atoms with Crippen LogP contribution in [-0.2, 0) is 4.79 Å². The molecule has 0 radical (unpaired) electrons. The predicted molar refractivity (Wildman–Crippen MR) is 110 cm³/mol. The van der Waals surface area contributed by atoms with E-state index in [1.165, 1.54) is 0 Å². The molecule has 2 atom stereocenters. The molecule has 2 aromatic carbocycles. The van der Waals surface area contributed by atoms with Gasteiger partial charge in [0.15, 0.2) is 0 Å². The molecule has 1 saturated heterocycles. The maximum Gasteiger partial charge on any atom is 0.239 e. The molecule has 2 unspecified atom stereocenters. The number of aliphatic hydroxyl groups excluding tert-OH is 2. The van der Waals surface area contributed by atoms with E-state index in [1.807, 2.05) is 53.4 Å². The van der Waals surface area contributed by atoms with Crippen LogP contribution in [0, 0.1) is 5.92 Å². The molecule has 2 heterocycles. The fraction of sp³-hybridized carbons (Fsp3) is 0.435. The fourth-order valence-electron chi connectivity index (χ4n) is 4.56. The fourth-order valence-corrected chi connectivity index (χ4v) is 4.56. The molecular weight excluding hydrogens is 352 g/mol. The van der Waals surface area contributed by atoms with Crippen molar-refractivity contribution in [1.82, 2.24) is 4.90 Å². The summed E-state index contributed by atoms with van der Waals surface area (Å²) >= 11 is 0. The van der Waals surface area contributed by atoms with Crippen LogP contribution in [0.1, 0.15) is 30.7 Å². The molecule has 0 aromatic heterocycles. The van der Waals surface area contributed by atoms with Gasteiger partial charge < -0.3 is 15.1 Å². The molecule has 1 amide bonds. The van der Waals surface area contributed by atoms with Crippen molar-refractivity contribution < 1.29 is 15.0 Å². The van der Waals surface area contributed by atoms with Gasteiger partial charge in [0.1, 0.15) is 0 Å². The third-order valence-corrected chi connectivity index (χ3v) is 6.04. The third-order valence-electron chi connectivity index (χ3n) is 6.04. The highest BCUT2D eigenvalue weighted by atomic mass is 16.3. The maximum absolute atomic E-state index is 13.3. The summed E-state index contributed by atoms with van der Waals surface area (Å²) in [6.07, 6.45) is 2.25. The van der Waals surface area contributed by atoms with E-state index in [2.05, 4.69) is 11.0 Å². The van der Waals surface area contributed by atoms with Gasteiger partial charge in [0.25, 0.3) is 0 Å². The first-order valence-corrected chi connectivity index (χ1v) is 10.2. The molecule has 5 heteroatoms. The SMILES string of the molecule is O=C1C(CC2CCN(CC(O)CO)CC2)c2ccccc2N1c1ccccc1. The summed E-state index contributed by atoms with van der Waals surface area (Å²) in [5.41, 5.74) is 3.07. The number of amides is 1. The van der Waals surface area contributed by atoms with Gasteiger partial charge in [0, 0.05) is 12.2 Å². The molecule has 2 aliphatic heterocycles. The number of hydrogen-bond donors (Lipinski definition) is 2. The summed E-state index contributed by atoms with van der Waals surface area (Å²) in [5, 5.41) is 18.7. The van der Waals surface area contributed by atoms with Crippen LogP contribution in [0.25, 0.3) is 0 Å².